The highest BCUT2D eigenvalue weighted by Gasteiger charge is 2.21. The third kappa shape index (κ3) is 3.02. The lowest BCUT2D eigenvalue weighted by molar-refractivity contribution is 0.410. The molecule has 108 valence electrons. The molecular formula is C12H15N3O3S2. The van der Waals surface area contributed by atoms with Crippen molar-refractivity contribution in [1.82, 2.24) is 4.37 Å². The summed E-state index contributed by atoms with van der Waals surface area (Å²) in [5.74, 6) is 0.762. The number of para-hydroxylation sites is 1. The molecule has 0 atom stereocenters. The molecule has 6 nitrogen and oxygen atoms in total. The summed E-state index contributed by atoms with van der Waals surface area (Å²) in [6.07, 6.45) is 1.11. The van der Waals surface area contributed by atoms with Crippen molar-refractivity contribution in [2.24, 2.45) is 0 Å². The van der Waals surface area contributed by atoms with E-state index in [1.807, 2.05) is 24.3 Å². The van der Waals surface area contributed by atoms with Crippen LogP contribution < -0.4 is 15.8 Å². The van der Waals surface area contributed by atoms with Crippen LogP contribution in [0.1, 0.15) is 5.56 Å². The normalized spacial score (nSPS) is 11.3. The maximum absolute atomic E-state index is 11.7. The SMILES string of the molecule is COc1ccccc1CNc1snc(N)c1S(C)(=O)=O. The van der Waals surface area contributed by atoms with Crippen molar-refractivity contribution >= 4 is 32.2 Å². The molecule has 1 aromatic heterocycles. The van der Waals surface area contributed by atoms with Crippen molar-refractivity contribution < 1.29 is 13.2 Å². The third-order valence-corrected chi connectivity index (χ3v) is 4.78. The van der Waals surface area contributed by atoms with Gasteiger partial charge in [-0.05, 0) is 17.6 Å². The Balaban J connectivity index is 2.24. The van der Waals surface area contributed by atoms with Crippen molar-refractivity contribution in [3.63, 3.8) is 0 Å². The van der Waals surface area contributed by atoms with Crippen LogP contribution in [0.3, 0.4) is 0 Å². The number of hydrogen-bond acceptors (Lipinski definition) is 7. The molecule has 1 heterocycles. The van der Waals surface area contributed by atoms with Crippen LogP contribution in [-0.2, 0) is 16.4 Å². The minimum absolute atomic E-state index is 0.0278. The van der Waals surface area contributed by atoms with Crippen LogP contribution in [0.2, 0.25) is 0 Å². The Morgan fingerprint density at radius 1 is 1.40 bits per heavy atom. The number of sulfone groups is 1. The standard InChI is InChI=1S/C12H15N3O3S2/c1-18-9-6-4-3-5-8(9)7-14-12-10(20(2,16)17)11(13)15-19-12/h3-6,14H,7H2,1-2H3,(H2,13,15). The van der Waals surface area contributed by atoms with Crippen LogP contribution in [0.15, 0.2) is 29.2 Å². The summed E-state index contributed by atoms with van der Waals surface area (Å²) in [5.41, 5.74) is 6.53. The minimum atomic E-state index is -3.41. The van der Waals surface area contributed by atoms with Crippen molar-refractivity contribution in [2.75, 3.05) is 24.4 Å². The van der Waals surface area contributed by atoms with Gasteiger partial charge in [-0.15, -0.1) is 0 Å². The summed E-state index contributed by atoms with van der Waals surface area (Å²) in [4.78, 5) is 0.0531. The lowest BCUT2D eigenvalue weighted by atomic mass is 10.2. The zero-order valence-corrected chi connectivity index (χ0v) is 12.7. The topological polar surface area (TPSA) is 94.3 Å². The van der Waals surface area contributed by atoms with Gasteiger partial charge in [0, 0.05) is 18.4 Å². The lowest BCUT2D eigenvalue weighted by Gasteiger charge is -2.09. The summed E-state index contributed by atoms with van der Waals surface area (Å²) in [7, 11) is -1.82. The number of hydrogen-bond donors (Lipinski definition) is 2. The zero-order valence-electron chi connectivity index (χ0n) is 11.1. The highest BCUT2D eigenvalue weighted by molar-refractivity contribution is 7.91. The quantitative estimate of drug-likeness (QED) is 0.873. The van der Waals surface area contributed by atoms with E-state index in [2.05, 4.69) is 9.69 Å². The number of methoxy groups -OCH3 is 1. The molecule has 8 heteroatoms. The van der Waals surface area contributed by atoms with E-state index in [0.29, 0.717) is 11.5 Å². The Morgan fingerprint density at radius 3 is 2.75 bits per heavy atom. The highest BCUT2D eigenvalue weighted by Crippen LogP contribution is 2.32. The maximum atomic E-state index is 11.7. The largest absolute Gasteiger partial charge is 0.496 e. The average molecular weight is 313 g/mol. The van der Waals surface area contributed by atoms with Crippen molar-refractivity contribution in [3.05, 3.63) is 29.8 Å². The highest BCUT2D eigenvalue weighted by atomic mass is 32.2. The second-order valence-electron chi connectivity index (χ2n) is 4.16. The van der Waals surface area contributed by atoms with E-state index in [-0.39, 0.29) is 10.7 Å². The van der Waals surface area contributed by atoms with Crippen LogP contribution >= 0.6 is 11.5 Å². The van der Waals surface area contributed by atoms with Gasteiger partial charge in [0.2, 0.25) is 0 Å². The molecule has 0 aliphatic carbocycles. The van der Waals surface area contributed by atoms with Crippen LogP contribution in [0.4, 0.5) is 10.8 Å². The smallest absolute Gasteiger partial charge is 0.182 e. The first kappa shape index (κ1) is 14.6. The predicted molar refractivity (Wildman–Crippen MR) is 80.0 cm³/mol. The Labute approximate surface area is 121 Å². The maximum Gasteiger partial charge on any atom is 0.182 e. The Morgan fingerprint density at radius 2 is 2.10 bits per heavy atom. The summed E-state index contributed by atoms with van der Waals surface area (Å²) < 4.78 is 32.5. The number of aromatic nitrogens is 1. The molecule has 20 heavy (non-hydrogen) atoms. The van der Waals surface area contributed by atoms with Crippen molar-refractivity contribution in [1.29, 1.82) is 0 Å². The molecular weight excluding hydrogens is 298 g/mol. The van der Waals surface area contributed by atoms with Gasteiger partial charge in [0.25, 0.3) is 0 Å². The van der Waals surface area contributed by atoms with Crippen LogP contribution in [0.5, 0.6) is 5.75 Å². The number of nitrogens with one attached hydrogen (secondary N) is 1. The molecule has 2 rings (SSSR count). The Hall–Kier alpha value is -1.80. The van der Waals surface area contributed by atoms with E-state index in [4.69, 9.17) is 10.5 Å². The monoisotopic (exact) mass is 313 g/mol. The number of nitrogens with two attached hydrogens (primary N) is 1. The van der Waals surface area contributed by atoms with Crippen LogP contribution in [0, 0.1) is 0 Å². The van der Waals surface area contributed by atoms with Gasteiger partial charge >= 0.3 is 0 Å². The van der Waals surface area contributed by atoms with Crippen molar-refractivity contribution in [3.8, 4) is 5.75 Å². The van der Waals surface area contributed by atoms with Gasteiger partial charge in [-0.1, -0.05) is 18.2 Å². The van der Waals surface area contributed by atoms with E-state index >= 15 is 0 Å². The molecule has 0 amide bonds. The summed E-state index contributed by atoms with van der Waals surface area (Å²) >= 11 is 1.03. The van der Waals surface area contributed by atoms with Crippen LogP contribution in [0.25, 0.3) is 0 Å². The van der Waals surface area contributed by atoms with Gasteiger partial charge in [0.15, 0.2) is 15.7 Å². The van der Waals surface area contributed by atoms with Gasteiger partial charge < -0.3 is 15.8 Å². The molecule has 0 fully saturated rings. The minimum Gasteiger partial charge on any atom is -0.496 e. The molecule has 0 aliphatic rings. The number of benzene rings is 1. The fourth-order valence-corrected chi connectivity index (χ4v) is 3.85. The van der Waals surface area contributed by atoms with E-state index in [1.54, 1.807) is 7.11 Å². The van der Waals surface area contributed by atoms with Gasteiger partial charge in [-0.2, -0.15) is 4.37 Å². The van der Waals surface area contributed by atoms with Crippen molar-refractivity contribution in [2.45, 2.75) is 11.4 Å². The summed E-state index contributed by atoms with van der Waals surface area (Å²) in [6.45, 7) is 0.425. The summed E-state index contributed by atoms with van der Waals surface area (Å²) in [5, 5.41) is 3.49. The lowest BCUT2D eigenvalue weighted by Crippen LogP contribution is -2.06. The molecule has 3 N–H and O–H groups in total. The average Bonchev–Trinajstić information content (AvgIpc) is 2.77. The van der Waals surface area contributed by atoms with Gasteiger partial charge in [0.05, 0.1) is 7.11 Å². The molecule has 0 bridgehead atoms. The van der Waals surface area contributed by atoms with Gasteiger partial charge in [-0.3, -0.25) is 0 Å². The molecule has 0 saturated heterocycles. The first-order valence-electron chi connectivity index (χ1n) is 5.74. The van der Waals surface area contributed by atoms with Gasteiger partial charge in [0.1, 0.15) is 15.6 Å². The van der Waals surface area contributed by atoms with E-state index in [9.17, 15) is 8.42 Å². The van der Waals surface area contributed by atoms with E-state index in [1.165, 1.54) is 0 Å². The van der Waals surface area contributed by atoms with E-state index in [0.717, 1.165) is 29.1 Å². The number of rotatable bonds is 5. The molecule has 0 aliphatic heterocycles. The third-order valence-electron chi connectivity index (χ3n) is 2.68. The molecule has 0 unspecified atom stereocenters. The first-order chi connectivity index (χ1) is 9.43. The van der Waals surface area contributed by atoms with Crippen LogP contribution in [-0.4, -0.2) is 26.2 Å². The predicted octanol–water partition coefficient (Wildman–Crippen LogP) is 1.75. The second kappa shape index (κ2) is 5.68. The Bertz CT molecular complexity index is 710. The number of nitrogens with zero attached hydrogens (tertiary/aromatic N) is 1. The number of nitrogen functional groups attached to an aromatic ring is 1. The fourth-order valence-electron chi connectivity index (χ4n) is 1.79. The molecule has 0 saturated carbocycles. The van der Waals surface area contributed by atoms with Gasteiger partial charge in [-0.25, -0.2) is 8.42 Å². The first-order valence-corrected chi connectivity index (χ1v) is 8.41. The fraction of sp³-hybridized carbons (Fsp3) is 0.250. The molecule has 0 spiro atoms. The zero-order chi connectivity index (χ0) is 14.8. The molecule has 1 aromatic carbocycles. The Kier molecular flexibility index (Phi) is 4.15. The van der Waals surface area contributed by atoms with E-state index < -0.39 is 9.84 Å². The number of ether oxygens (including phenoxy) is 1. The summed E-state index contributed by atoms with van der Waals surface area (Å²) in [6, 6.07) is 7.50. The molecule has 0 radical (unpaired) electrons. The molecule has 2 aromatic rings. The number of anilines is 2. The second-order valence-corrected chi connectivity index (χ2v) is 6.89.